The Labute approximate surface area is 186 Å². The molecule has 0 saturated heterocycles. The van der Waals surface area contributed by atoms with Crippen LogP contribution in [-0.2, 0) is 0 Å². The third-order valence-corrected chi connectivity index (χ3v) is 5.59. The van der Waals surface area contributed by atoms with E-state index in [4.69, 9.17) is 9.15 Å². The Morgan fingerprint density at radius 2 is 1.71 bits per heavy atom. The molecule has 4 nitrogen and oxygen atoms in total. The van der Waals surface area contributed by atoms with Crippen LogP contribution < -0.4 is 4.74 Å². The highest BCUT2D eigenvalue weighted by Crippen LogP contribution is 2.24. The van der Waals surface area contributed by atoms with Gasteiger partial charge < -0.3 is 9.15 Å². The second kappa shape index (κ2) is 10.6. The zero-order valence-corrected chi connectivity index (χ0v) is 17.9. The number of para-hydroxylation sites is 2. The van der Waals surface area contributed by atoms with E-state index in [1.165, 1.54) is 0 Å². The van der Waals surface area contributed by atoms with E-state index in [9.17, 15) is 4.79 Å². The first kappa shape index (κ1) is 20.9. The first-order valence-electron chi connectivity index (χ1n) is 10.3. The number of rotatable bonds is 10. The highest BCUT2D eigenvalue weighted by molar-refractivity contribution is 7.99. The molecular formula is C26H23NO3S. The summed E-state index contributed by atoms with van der Waals surface area (Å²) in [6.07, 6.45) is 5.36. The lowest BCUT2D eigenvalue weighted by atomic mass is 10.1. The van der Waals surface area contributed by atoms with Crippen LogP contribution in [0, 0.1) is 0 Å². The Balaban J connectivity index is 1.16. The van der Waals surface area contributed by atoms with Crippen molar-refractivity contribution >= 4 is 34.7 Å². The predicted octanol–water partition coefficient (Wildman–Crippen LogP) is 6.68. The maximum Gasteiger partial charge on any atom is 0.256 e. The molecule has 0 fully saturated rings. The number of allylic oxidation sites excluding steroid dienone is 1. The number of aromatic nitrogens is 1. The summed E-state index contributed by atoms with van der Waals surface area (Å²) in [6.45, 7) is 0.634. The van der Waals surface area contributed by atoms with Gasteiger partial charge in [-0.3, -0.25) is 4.79 Å². The molecular weight excluding hydrogens is 406 g/mol. The zero-order chi connectivity index (χ0) is 21.3. The maximum atomic E-state index is 12.3. The van der Waals surface area contributed by atoms with Crippen LogP contribution >= 0.6 is 11.8 Å². The second-order valence-corrected chi connectivity index (χ2v) is 8.03. The summed E-state index contributed by atoms with van der Waals surface area (Å²) in [4.78, 5) is 16.8. The van der Waals surface area contributed by atoms with Gasteiger partial charge in [-0.25, -0.2) is 4.98 Å². The lowest BCUT2D eigenvalue weighted by Crippen LogP contribution is -1.99. The molecule has 0 bridgehead atoms. The molecule has 0 saturated carbocycles. The normalized spacial score (nSPS) is 11.2. The monoisotopic (exact) mass is 429 g/mol. The lowest BCUT2D eigenvalue weighted by molar-refractivity contribution is 0.104. The van der Waals surface area contributed by atoms with Gasteiger partial charge in [0.05, 0.1) is 6.61 Å². The molecule has 4 aromatic rings. The summed E-state index contributed by atoms with van der Waals surface area (Å²) in [5.41, 5.74) is 3.37. The second-order valence-electron chi connectivity index (χ2n) is 6.98. The molecule has 0 radical (unpaired) electrons. The van der Waals surface area contributed by atoms with E-state index in [2.05, 4.69) is 4.98 Å². The predicted molar refractivity (Wildman–Crippen MR) is 126 cm³/mol. The summed E-state index contributed by atoms with van der Waals surface area (Å²) in [6, 6.07) is 24.9. The largest absolute Gasteiger partial charge is 0.494 e. The van der Waals surface area contributed by atoms with Crippen molar-refractivity contribution in [1.82, 2.24) is 4.98 Å². The van der Waals surface area contributed by atoms with Crippen LogP contribution in [0.1, 0.15) is 28.8 Å². The number of nitrogens with zero attached hydrogens (tertiary/aromatic N) is 1. The van der Waals surface area contributed by atoms with Crippen LogP contribution in [-0.4, -0.2) is 23.1 Å². The quantitative estimate of drug-likeness (QED) is 0.122. The Morgan fingerprint density at radius 3 is 2.52 bits per heavy atom. The van der Waals surface area contributed by atoms with Crippen molar-refractivity contribution in [2.45, 2.75) is 18.1 Å². The molecule has 3 aromatic carbocycles. The summed E-state index contributed by atoms with van der Waals surface area (Å²) < 4.78 is 11.5. The van der Waals surface area contributed by atoms with Gasteiger partial charge >= 0.3 is 0 Å². The van der Waals surface area contributed by atoms with Crippen LogP contribution in [0.4, 0.5) is 0 Å². The number of hydrogen-bond donors (Lipinski definition) is 0. The number of thioether (sulfide) groups is 1. The fourth-order valence-corrected chi connectivity index (χ4v) is 3.85. The molecule has 0 N–H and O–H groups in total. The third kappa shape index (κ3) is 6.09. The molecule has 0 unspecified atom stereocenters. The highest BCUT2D eigenvalue weighted by Gasteiger charge is 2.05. The topological polar surface area (TPSA) is 52.3 Å². The summed E-state index contributed by atoms with van der Waals surface area (Å²) >= 11 is 1.62. The lowest BCUT2D eigenvalue weighted by Gasteiger charge is -2.06. The first-order chi connectivity index (χ1) is 15.3. The van der Waals surface area contributed by atoms with E-state index in [0.717, 1.165) is 41.0 Å². The van der Waals surface area contributed by atoms with Gasteiger partial charge in [0.25, 0.3) is 5.22 Å². The van der Waals surface area contributed by atoms with Crippen LogP contribution in [0.2, 0.25) is 0 Å². The van der Waals surface area contributed by atoms with Gasteiger partial charge in [-0.1, -0.05) is 60.3 Å². The number of carbonyl (C=O) groups is 1. The SMILES string of the molecule is O=C(C=Cc1ccccc1)c1ccc(OCCCCSc2nc3ccccc3o2)cc1. The van der Waals surface area contributed by atoms with E-state index in [1.54, 1.807) is 30.0 Å². The number of oxazole rings is 1. The molecule has 0 aliphatic heterocycles. The number of unbranched alkanes of at least 4 members (excludes halogenated alkanes) is 1. The smallest absolute Gasteiger partial charge is 0.256 e. The standard InChI is InChI=1S/C26H23NO3S/c28-24(17-12-20-8-2-1-3-9-20)21-13-15-22(16-14-21)29-18-6-7-19-31-26-27-23-10-4-5-11-25(23)30-26/h1-5,8-17H,6-7,18-19H2. The fourth-order valence-electron chi connectivity index (χ4n) is 3.01. The maximum absolute atomic E-state index is 12.3. The Hall–Kier alpha value is -3.31. The highest BCUT2D eigenvalue weighted by atomic mass is 32.2. The molecule has 5 heteroatoms. The van der Waals surface area contributed by atoms with Crippen molar-refractivity contribution in [2.24, 2.45) is 0 Å². The number of fused-ring (bicyclic) bond motifs is 1. The Morgan fingerprint density at radius 1 is 0.935 bits per heavy atom. The molecule has 0 aliphatic carbocycles. The molecule has 0 atom stereocenters. The number of hydrogen-bond acceptors (Lipinski definition) is 5. The van der Waals surface area contributed by atoms with Crippen molar-refractivity contribution in [3.05, 3.63) is 96.1 Å². The molecule has 0 amide bonds. The van der Waals surface area contributed by atoms with Crippen LogP contribution in [0.25, 0.3) is 17.2 Å². The van der Waals surface area contributed by atoms with E-state index >= 15 is 0 Å². The molecule has 4 rings (SSSR count). The molecule has 1 heterocycles. The average molecular weight is 430 g/mol. The van der Waals surface area contributed by atoms with Gasteiger partial charge in [0, 0.05) is 11.3 Å². The first-order valence-corrected chi connectivity index (χ1v) is 11.3. The van der Waals surface area contributed by atoms with Crippen molar-refractivity contribution in [3.8, 4) is 5.75 Å². The molecule has 0 aliphatic rings. The van der Waals surface area contributed by atoms with Crippen molar-refractivity contribution in [2.75, 3.05) is 12.4 Å². The van der Waals surface area contributed by atoms with E-state index in [-0.39, 0.29) is 5.78 Å². The van der Waals surface area contributed by atoms with Crippen molar-refractivity contribution < 1.29 is 13.9 Å². The van der Waals surface area contributed by atoms with Gasteiger partial charge in [0.1, 0.15) is 11.3 Å². The van der Waals surface area contributed by atoms with Gasteiger partial charge in [0.2, 0.25) is 0 Å². The zero-order valence-electron chi connectivity index (χ0n) is 17.1. The van der Waals surface area contributed by atoms with Crippen molar-refractivity contribution in [1.29, 1.82) is 0 Å². The van der Waals surface area contributed by atoms with Crippen molar-refractivity contribution in [3.63, 3.8) is 0 Å². The average Bonchev–Trinajstić information content (AvgIpc) is 3.24. The minimum Gasteiger partial charge on any atom is -0.494 e. The van der Waals surface area contributed by atoms with Crippen LogP contribution in [0.5, 0.6) is 5.75 Å². The number of benzene rings is 3. The van der Waals surface area contributed by atoms with E-state index in [0.29, 0.717) is 17.4 Å². The molecule has 31 heavy (non-hydrogen) atoms. The van der Waals surface area contributed by atoms with Gasteiger partial charge in [-0.05, 0) is 60.9 Å². The van der Waals surface area contributed by atoms with Crippen LogP contribution in [0.15, 0.2) is 94.6 Å². The minimum absolute atomic E-state index is 0.0216. The van der Waals surface area contributed by atoms with Crippen LogP contribution in [0.3, 0.4) is 0 Å². The van der Waals surface area contributed by atoms with E-state index < -0.39 is 0 Å². The molecule has 1 aromatic heterocycles. The number of ketones is 1. The van der Waals surface area contributed by atoms with Gasteiger partial charge in [-0.15, -0.1) is 0 Å². The summed E-state index contributed by atoms with van der Waals surface area (Å²) in [5, 5.41) is 0.712. The Bertz CT molecular complexity index is 1120. The van der Waals surface area contributed by atoms with E-state index in [1.807, 2.05) is 72.8 Å². The Kier molecular flexibility index (Phi) is 7.19. The number of ether oxygens (including phenoxy) is 1. The number of carbonyl (C=O) groups excluding carboxylic acids is 1. The van der Waals surface area contributed by atoms with Gasteiger partial charge in [0.15, 0.2) is 11.4 Å². The fraction of sp³-hybridized carbons (Fsp3) is 0.154. The summed E-state index contributed by atoms with van der Waals surface area (Å²) in [5.74, 6) is 1.68. The third-order valence-electron chi connectivity index (χ3n) is 4.67. The molecule has 156 valence electrons. The van der Waals surface area contributed by atoms with Gasteiger partial charge in [-0.2, -0.15) is 0 Å². The molecule has 0 spiro atoms. The summed E-state index contributed by atoms with van der Waals surface area (Å²) in [7, 11) is 0. The minimum atomic E-state index is -0.0216.